The zero-order valence-corrected chi connectivity index (χ0v) is 19.5. The third kappa shape index (κ3) is 6.33. The zero-order chi connectivity index (χ0) is 24.6. The summed E-state index contributed by atoms with van der Waals surface area (Å²) in [5.74, 6) is 0.206. The summed E-state index contributed by atoms with van der Waals surface area (Å²) in [6.07, 6.45) is 3.25. The number of carbonyl (C=O) groups excluding carboxylic acids is 1. The van der Waals surface area contributed by atoms with Gasteiger partial charge in [0.25, 0.3) is 0 Å². The SMILES string of the molecule is CCOc1ccc([C@H](O)CCC(=O)N/N=C\c2cn(Cc3ccc(F)cc3)c3ccccc23)cc1. The van der Waals surface area contributed by atoms with Gasteiger partial charge in [-0.2, -0.15) is 5.10 Å². The first-order valence-electron chi connectivity index (χ1n) is 11.6. The molecule has 1 aromatic heterocycles. The molecule has 1 amide bonds. The molecular weight excluding hydrogens is 445 g/mol. The quantitative estimate of drug-likeness (QED) is 0.246. The molecule has 180 valence electrons. The van der Waals surface area contributed by atoms with Gasteiger partial charge in [0.2, 0.25) is 5.91 Å². The lowest BCUT2D eigenvalue weighted by Crippen LogP contribution is -2.18. The van der Waals surface area contributed by atoms with Gasteiger partial charge in [0.1, 0.15) is 11.6 Å². The van der Waals surface area contributed by atoms with Gasteiger partial charge < -0.3 is 14.4 Å². The second kappa shape index (κ2) is 11.4. The van der Waals surface area contributed by atoms with Crippen molar-refractivity contribution in [2.45, 2.75) is 32.4 Å². The molecule has 1 heterocycles. The molecule has 0 aliphatic rings. The van der Waals surface area contributed by atoms with E-state index in [2.05, 4.69) is 15.1 Å². The number of carbonyl (C=O) groups is 1. The molecule has 0 saturated heterocycles. The van der Waals surface area contributed by atoms with Gasteiger partial charge in [0.05, 0.1) is 18.9 Å². The number of amides is 1. The lowest BCUT2D eigenvalue weighted by atomic mass is 10.0. The van der Waals surface area contributed by atoms with Gasteiger partial charge in [-0.15, -0.1) is 0 Å². The summed E-state index contributed by atoms with van der Waals surface area (Å²) < 4.78 is 20.7. The summed E-state index contributed by atoms with van der Waals surface area (Å²) in [5, 5.41) is 15.5. The predicted molar refractivity (Wildman–Crippen MR) is 135 cm³/mol. The number of hydrazone groups is 1. The van der Waals surface area contributed by atoms with Crippen LogP contribution in [0.5, 0.6) is 5.75 Å². The van der Waals surface area contributed by atoms with Crippen molar-refractivity contribution in [1.29, 1.82) is 0 Å². The van der Waals surface area contributed by atoms with Crippen molar-refractivity contribution >= 4 is 23.0 Å². The maximum Gasteiger partial charge on any atom is 0.240 e. The van der Waals surface area contributed by atoms with E-state index in [9.17, 15) is 14.3 Å². The van der Waals surface area contributed by atoms with Gasteiger partial charge in [-0.1, -0.05) is 42.5 Å². The fraction of sp³-hybridized carbons (Fsp3) is 0.214. The Kier molecular flexibility index (Phi) is 7.90. The van der Waals surface area contributed by atoms with Crippen LogP contribution in [0.2, 0.25) is 0 Å². The molecule has 4 rings (SSSR count). The molecule has 4 aromatic rings. The van der Waals surface area contributed by atoms with Crippen LogP contribution < -0.4 is 10.2 Å². The summed E-state index contributed by atoms with van der Waals surface area (Å²) in [4.78, 5) is 12.3. The van der Waals surface area contributed by atoms with E-state index in [0.29, 0.717) is 13.2 Å². The van der Waals surface area contributed by atoms with Crippen molar-refractivity contribution in [1.82, 2.24) is 9.99 Å². The van der Waals surface area contributed by atoms with Crippen LogP contribution in [0, 0.1) is 5.82 Å². The standard InChI is InChI=1S/C28H28FN3O3/c1-2-35-24-13-9-21(10-14-24)27(33)15-16-28(34)31-30-17-22-19-32(26-6-4-3-5-25(22)26)18-20-7-11-23(29)12-8-20/h3-14,17,19,27,33H,2,15-16,18H2,1H3,(H,31,34)/b30-17-/t27-/m1/s1. The number of rotatable bonds is 10. The third-order valence-electron chi connectivity index (χ3n) is 5.70. The highest BCUT2D eigenvalue weighted by Gasteiger charge is 2.11. The molecule has 0 aliphatic carbocycles. The molecule has 0 fully saturated rings. The van der Waals surface area contributed by atoms with E-state index in [1.54, 1.807) is 42.6 Å². The van der Waals surface area contributed by atoms with Crippen LogP contribution in [0.4, 0.5) is 4.39 Å². The Morgan fingerprint density at radius 1 is 1.11 bits per heavy atom. The van der Waals surface area contributed by atoms with E-state index >= 15 is 0 Å². The lowest BCUT2D eigenvalue weighted by Gasteiger charge is -2.11. The summed E-state index contributed by atoms with van der Waals surface area (Å²) in [7, 11) is 0. The molecule has 2 N–H and O–H groups in total. The van der Waals surface area contributed by atoms with Crippen LogP contribution in [0.25, 0.3) is 10.9 Å². The lowest BCUT2D eigenvalue weighted by molar-refractivity contribution is -0.121. The molecule has 0 aliphatic heterocycles. The van der Waals surface area contributed by atoms with Gasteiger partial charge in [0, 0.05) is 35.6 Å². The van der Waals surface area contributed by atoms with Gasteiger partial charge in [-0.3, -0.25) is 4.79 Å². The minimum atomic E-state index is -0.746. The highest BCUT2D eigenvalue weighted by Crippen LogP contribution is 2.22. The number of benzene rings is 3. The van der Waals surface area contributed by atoms with E-state index in [4.69, 9.17) is 4.74 Å². The molecule has 0 saturated carbocycles. The molecule has 1 atom stereocenters. The van der Waals surface area contributed by atoms with E-state index in [0.717, 1.165) is 33.3 Å². The monoisotopic (exact) mass is 473 g/mol. The van der Waals surface area contributed by atoms with Crippen molar-refractivity contribution in [2.75, 3.05) is 6.61 Å². The van der Waals surface area contributed by atoms with Crippen LogP contribution in [-0.4, -0.2) is 28.4 Å². The highest BCUT2D eigenvalue weighted by molar-refractivity contribution is 5.99. The second-order valence-corrected chi connectivity index (χ2v) is 8.21. The van der Waals surface area contributed by atoms with Crippen molar-refractivity contribution in [3.05, 3.63) is 102 Å². The predicted octanol–water partition coefficient (Wildman–Crippen LogP) is 5.19. The second-order valence-electron chi connectivity index (χ2n) is 8.21. The van der Waals surface area contributed by atoms with Gasteiger partial charge >= 0.3 is 0 Å². The Morgan fingerprint density at radius 2 is 1.86 bits per heavy atom. The van der Waals surface area contributed by atoms with E-state index < -0.39 is 6.10 Å². The van der Waals surface area contributed by atoms with Crippen molar-refractivity contribution in [2.24, 2.45) is 5.10 Å². The van der Waals surface area contributed by atoms with Gasteiger partial charge in [-0.05, 0) is 54.8 Å². The maximum atomic E-state index is 13.2. The smallest absolute Gasteiger partial charge is 0.240 e. The molecule has 3 aromatic carbocycles. The summed E-state index contributed by atoms with van der Waals surface area (Å²) in [5.41, 5.74) is 6.13. The van der Waals surface area contributed by atoms with Crippen molar-refractivity contribution < 1.29 is 19.0 Å². The summed E-state index contributed by atoms with van der Waals surface area (Å²) in [6.45, 7) is 3.08. The highest BCUT2D eigenvalue weighted by atomic mass is 19.1. The van der Waals surface area contributed by atoms with E-state index in [1.807, 2.05) is 37.4 Å². The van der Waals surface area contributed by atoms with Crippen LogP contribution in [-0.2, 0) is 11.3 Å². The average Bonchev–Trinajstić information content (AvgIpc) is 3.22. The molecule has 7 heteroatoms. The Labute approximate surface area is 203 Å². The molecule has 6 nitrogen and oxygen atoms in total. The molecule has 0 bridgehead atoms. The number of aromatic nitrogens is 1. The number of hydrogen-bond acceptors (Lipinski definition) is 4. The molecule has 0 radical (unpaired) electrons. The first-order valence-corrected chi connectivity index (χ1v) is 11.6. The number of aliphatic hydroxyl groups is 1. The minimum absolute atomic E-state index is 0.137. The van der Waals surface area contributed by atoms with Crippen LogP contribution in [0.1, 0.15) is 42.6 Å². The van der Waals surface area contributed by atoms with Crippen LogP contribution in [0.3, 0.4) is 0 Å². The number of nitrogens with zero attached hydrogens (tertiary/aromatic N) is 2. The largest absolute Gasteiger partial charge is 0.494 e. The van der Waals surface area contributed by atoms with E-state index in [-0.39, 0.29) is 24.6 Å². The Morgan fingerprint density at radius 3 is 2.60 bits per heavy atom. The topological polar surface area (TPSA) is 75.8 Å². The Balaban J connectivity index is 1.35. The summed E-state index contributed by atoms with van der Waals surface area (Å²) in [6, 6.07) is 21.5. The van der Waals surface area contributed by atoms with Crippen molar-refractivity contribution in [3.63, 3.8) is 0 Å². The number of nitrogens with one attached hydrogen (secondary N) is 1. The maximum absolute atomic E-state index is 13.2. The van der Waals surface area contributed by atoms with Gasteiger partial charge in [-0.25, -0.2) is 9.82 Å². The number of halogens is 1. The fourth-order valence-corrected chi connectivity index (χ4v) is 3.91. The minimum Gasteiger partial charge on any atom is -0.494 e. The number of aliphatic hydroxyl groups excluding tert-OH is 1. The Hall–Kier alpha value is -3.97. The summed E-state index contributed by atoms with van der Waals surface area (Å²) >= 11 is 0. The third-order valence-corrected chi connectivity index (χ3v) is 5.70. The number of fused-ring (bicyclic) bond motifs is 1. The average molecular weight is 474 g/mol. The first kappa shape index (κ1) is 24.2. The first-order chi connectivity index (χ1) is 17.0. The van der Waals surface area contributed by atoms with Crippen LogP contribution in [0.15, 0.2) is 84.1 Å². The van der Waals surface area contributed by atoms with Crippen molar-refractivity contribution in [3.8, 4) is 5.75 Å². The zero-order valence-electron chi connectivity index (χ0n) is 19.5. The number of hydrogen-bond donors (Lipinski definition) is 2. The van der Waals surface area contributed by atoms with Gasteiger partial charge in [0.15, 0.2) is 0 Å². The fourth-order valence-electron chi connectivity index (χ4n) is 3.91. The molecule has 0 spiro atoms. The number of ether oxygens (including phenoxy) is 1. The molecular formula is C28H28FN3O3. The Bertz CT molecular complexity index is 1300. The molecule has 0 unspecified atom stereocenters. The normalized spacial score (nSPS) is 12.2. The number of para-hydroxylation sites is 1. The van der Waals surface area contributed by atoms with Crippen LogP contribution >= 0.6 is 0 Å². The molecule has 35 heavy (non-hydrogen) atoms. The van der Waals surface area contributed by atoms with E-state index in [1.165, 1.54) is 12.1 Å².